The number of carboxylic acids is 1. The molecule has 2 N–H and O–H groups in total. The number of rotatable bonds is 6. The Morgan fingerprint density at radius 3 is 2.12 bits per heavy atom. The van der Waals surface area contributed by atoms with Gasteiger partial charge in [-0.3, -0.25) is 19.4 Å². The molecule has 1 amide bonds. The summed E-state index contributed by atoms with van der Waals surface area (Å²) >= 11 is 0. The van der Waals surface area contributed by atoms with E-state index in [4.69, 9.17) is 5.11 Å². The zero-order valence-corrected chi connectivity index (χ0v) is 10.3. The molecule has 6 heteroatoms. The zero-order chi connectivity index (χ0) is 12.7. The highest BCUT2D eigenvalue weighted by Gasteiger charge is 2.19. The van der Waals surface area contributed by atoms with Gasteiger partial charge in [-0.2, -0.15) is 0 Å². The minimum absolute atomic E-state index is 0.0542. The second-order valence-electron chi connectivity index (χ2n) is 4.30. The second kappa shape index (κ2) is 7.24. The van der Waals surface area contributed by atoms with Gasteiger partial charge in [-0.1, -0.05) is 6.92 Å². The summed E-state index contributed by atoms with van der Waals surface area (Å²) in [4.78, 5) is 25.9. The molecule has 1 aliphatic heterocycles. The van der Waals surface area contributed by atoms with Gasteiger partial charge in [0.15, 0.2) is 0 Å². The predicted molar refractivity (Wildman–Crippen MR) is 63.8 cm³/mol. The third kappa shape index (κ3) is 5.65. The number of piperazine rings is 1. The Morgan fingerprint density at radius 1 is 1.12 bits per heavy atom. The van der Waals surface area contributed by atoms with Gasteiger partial charge in [-0.15, -0.1) is 0 Å². The van der Waals surface area contributed by atoms with Gasteiger partial charge in [-0.05, 0) is 6.42 Å². The van der Waals surface area contributed by atoms with Crippen molar-refractivity contribution in [2.45, 2.75) is 13.3 Å². The van der Waals surface area contributed by atoms with Crippen molar-refractivity contribution in [1.29, 1.82) is 0 Å². The number of carboxylic acid groups (broad SMARTS) is 1. The van der Waals surface area contributed by atoms with Crippen molar-refractivity contribution in [3.63, 3.8) is 0 Å². The van der Waals surface area contributed by atoms with Crippen molar-refractivity contribution in [2.24, 2.45) is 0 Å². The van der Waals surface area contributed by atoms with E-state index in [0.717, 1.165) is 26.1 Å². The van der Waals surface area contributed by atoms with Crippen LogP contribution in [-0.2, 0) is 9.59 Å². The summed E-state index contributed by atoms with van der Waals surface area (Å²) < 4.78 is 0. The standard InChI is InChI=1S/C11H21N3O3/c1-2-3-12-10(15)8-13-4-6-14(7-5-13)9-11(16)17/h2-9H2,1H3,(H,12,15)(H,16,17). The first-order valence-electron chi connectivity index (χ1n) is 6.05. The minimum atomic E-state index is -0.792. The van der Waals surface area contributed by atoms with E-state index in [1.54, 1.807) is 0 Å². The number of amides is 1. The molecule has 1 rings (SSSR count). The summed E-state index contributed by atoms with van der Waals surface area (Å²) in [6.45, 7) is 6.19. The summed E-state index contributed by atoms with van der Waals surface area (Å²) in [5.74, 6) is -0.738. The lowest BCUT2D eigenvalue weighted by Gasteiger charge is -2.33. The van der Waals surface area contributed by atoms with Crippen LogP contribution in [0.4, 0.5) is 0 Å². The molecule has 0 aromatic rings. The maximum Gasteiger partial charge on any atom is 0.317 e. The smallest absolute Gasteiger partial charge is 0.317 e. The molecule has 0 aromatic heterocycles. The molecule has 6 nitrogen and oxygen atoms in total. The van der Waals surface area contributed by atoms with Crippen LogP contribution in [-0.4, -0.2) is 72.6 Å². The maximum absolute atomic E-state index is 11.5. The van der Waals surface area contributed by atoms with Gasteiger partial charge < -0.3 is 10.4 Å². The molecule has 0 saturated carbocycles. The van der Waals surface area contributed by atoms with E-state index in [1.165, 1.54) is 0 Å². The van der Waals surface area contributed by atoms with E-state index in [2.05, 4.69) is 10.2 Å². The Labute approximate surface area is 102 Å². The minimum Gasteiger partial charge on any atom is -0.480 e. The molecular weight excluding hydrogens is 222 g/mol. The molecule has 1 heterocycles. The van der Waals surface area contributed by atoms with Crippen LogP contribution in [0.5, 0.6) is 0 Å². The van der Waals surface area contributed by atoms with Crippen LogP contribution in [0.2, 0.25) is 0 Å². The van der Waals surface area contributed by atoms with Gasteiger partial charge in [0.25, 0.3) is 0 Å². The van der Waals surface area contributed by atoms with E-state index < -0.39 is 5.97 Å². The van der Waals surface area contributed by atoms with Gasteiger partial charge in [0.2, 0.25) is 5.91 Å². The molecule has 1 saturated heterocycles. The van der Waals surface area contributed by atoms with Crippen LogP contribution in [0.3, 0.4) is 0 Å². The molecule has 0 atom stereocenters. The summed E-state index contributed by atoms with van der Waals surface area (Å²) in [6.07, 6.45) is 0.943. The first-order valence-corrected chi connectivity index (χ1v) is 6.05. The number of nitrogens with zero attached hydrogens (tertiary/aromatic N) is 2. The van der Waals surface area contributed by atoms with Crippen LogP contribution in [0, 0.1) is 0 Å². The highest BCUT2D eigenvalue weighted by atomic mass is 16.4. The monoisotopic (exact) mass is 243 g/mol. The second-order valence-corrected chi connectivity index (χ2v) is 4.30. The normalized spacial score (nSPS) is 17.9. The lowest BCUT2D eigenvalue weighted by molar-refractivity contribution is -0.139. The Kier molecular flexibility index (Phi) is 5.93. The summed E-state index contributed by atoms with van der Waals surface area (Å²) in [6, 6.07) is 0. The fourth-order valence-electron chi connectivity index (χ4n) is 1.82. The number of hydrogen-bond donors (Lipinski definition) is 2. The molecular formula is C11H21N3O3. The molecule has 98 valence electrons. The lowest BCUT2D eigenvalue weighted by atomic mass is 10.3. The summed E-state index contributed by atoms with van der Waals surface area (Å²) in [5, 5.41) is 11.5. The van der Waals surface area contributed by atoms with E-state index in [1.807, 2.05) is 11.8 Å². The van der Waals surface area contributed by atoms with Crippen LogP contribution in [0.1, 0.15) is 13.3 Å². The van der Waals surface area contributed by atoms with Gasteiger partial charge in [0.1, 0.15) is 0 Å². The van der Waals surface area contributed by atoms with Gasteiger partial charge in [0, 0.05) is 32.7 Å². The fraction of sp³-hybridized carbons (Fsp3) is 0.818. The summed E-state index contributed by atoms with van der Waals surface area (Å²) in [5.41, 5.74) is 0. The zero-order valence-electron chi connectivity index (χ0n) is 10.3. The van der Waals surface area contributed by atoms with Crippen molar-refractivity contribution in [1.82, 2.24) is 15.1 Å². The molecule has 0 aromatic carbocycles. The highest BCUT2D eigenvalue weighted by molar-refractivity contribution is 5.78. The van der Waals surface area contributed by atoms with Crippen molar-refractivity contribution in [3.8, 4) is 0 Å². The Hall–Kier alpha value is -1.14. The van der Waals surface area contributed by atoms with Crippen molar-refractivity contribution in [3.05, 3.63) is 0 Å². The molecule has 0 radical (unpaired) electrons. The van der Waals surface area contributed by atoms with Crippen LogP contribution < -0.4 is 5.32 Å². The van der Waals surface area contributed by atoms with Crippen LogP contribution in [0.15, 0.2) is 0 Å². The largest absolute Gasteiger partial charge is 0.480 e. The van der Waals surface area contributed by atoms with E-state index in [9.17, 15) is 9.59 Å². The average molecular weight is 243 g/mol. The van der Waals surface area contributed by atoms with Crippen LogP contribution >= 0.6 is 0 Å². The average Bonchev–Trinajstić information content (AvgIpc) is 2.28. The number of aliphatic carboxylic acids is 1. The Balaban J connectivity index is 2.18. The molecule has 17 heavy (non-hydrogen) atoms. The summed E-state index contributed by atoms with van der Waals surface area (Å²) in [7, 11) is 0. The number of carbonyl (C=O) groups is 2. The first-order chi connectivity index (χ1) is 8.11. The molecule has 1 fully saturated rings. The predicted octanol–water partition coefficient (Wildman–Crippen LogP) is -0.785. The van der Waals surface area contributed by atoms with Gasteiger partial charge in [0.05, 0.1) is 13.1 Å². The van der Waals surface area contributed by atoms with Gasteiger partial charge in [-0.25, -0.2) is 0 Å². The third-order valence-corrected chi connectivity index (χ3v) is 2.76. The van der Waals surface area contributed by atoms with Gasteiger partial charge >= 0.3 is 5.97 Å². The quantitative estimate of drug-likeness (QED) is 0.640. The van der Waals surface area contributed by atoms with E-state index in [0.29, 0.717) is 19.6 Å². The molecule has 0 spiro atoms. The van der Waals surface area contributed by atoms with Crippen molar-refractivity contribution >= 4 is 11.9 Å². The topological polar surface area (TPSA) is 72.9 Å². The molecule has 0 aliphatic carbocycles. The van der Waals surface area contributed by atoms with Crippen LogP contribution in [0.25, 0.3) is 0 Å². The number of hydrogen-bond acceptors (Lipinski definition) is 4. The third-order valence-electron chi connectivity index (χ3n) is 2.76. The lowest BCUT2D eigenvalue weighted by Crippen LogP contribution is -2.50. The fourth-order valence-corrected chi connectivity index (χ4v) is 1.82. The SMILES string of the molecule is CCCNC(=O)CN1CCN(CC(=O)O)CC1. The van der Waals surface area contributed by atoms with Crippen molar-refractivity contribution < 1.29 is 14.7 Å². The number of carbonyl (C=O) groups excluding carboxylic acids is 1. The molecule has 1 aliphatic rings. The molecule has 0 bridgehead atoms. The molecule has 0 unspecified atom stereocenters. The maximum atomic E-state index is 11.5. The highest BCUT2D eigenvalue weighted by Crippen LogP contribution is 2.00. The van der Waals surface area contributed by atoms with E-state index >= 15 is 0 Å². The Morgan fingerprint density at radius 2 is 1.65 bits per heavy atom. The van der Waals surface area contributed by atoms with E-state index in [-0.39, 0.29) is 12.5 Å². The van der Waals surface area contributed by atoms with Crippen molar-refractivity contribution in [2.75, 3.05) is 45.8 Å². The number of nitrogens with one attached hydrogen (secondary N) is 1. The Bertz CT molecular complexity index is 263. The first kappa shape index (κ1) is 13.9.